The number of amides is 1. The SMILES string of the molecule is CCNc1ncc(C(=O)NCC2CCCC2O)s1. The van der Waals surface area contributed by atoms with Crippen molar-refractivity contribution >= 4 is 22.4 Å². The first kappa shape index (κ1) is 13.3. The summed E-state index contributed by atoms with van der Waals surface area (Å²) in [5.74, 6) is 0.103. The highest BCUT2D eigenvalue weighted by molar-refractivity contribution is 7.17. The molecule has 5 nitrogen and oxygen atoms in total. The number of hydrogen-bond donors (Lipinski definition) is 3. The van der Waals surface area contributed by atoms with Crippen LogP contribution in [0.15, 0.2) is 6.20 Å². The standard InChI is InChI=1S/C12H19N3O2S/c1-2-13-12-15-7-10(18-12)11(17)14-6-8-4-3-5-9(8)16/h7-9,16H,2-6H2,1H3,(H,13,15)(H,14,17). The average molecular weight is 269 g/mol. The number of hydrogen-bond acceptors (Lipinski definition) is 5. The lowest BCUT2D eigenvalue weighted by Gasteiger charge is -2.14. The second kappa shape index (κ2) is 6.15. The highest BCUT2D eigenvalue weighted by Crippen LogP contribution is 2.25. The molecule has 0 aromatic carbocycles. The molecule has 3 N–H and O–H groups in total. The van der Waals surface area contributed by atoms with Gasteiger partial charge in [0.25, 0.3) is 5.91 Å². The first-order chi connectivity index (χ1) is 8.70. The van der Waals surface area contributed by atoms with Gasteiger partial charge < -0.3 is 15.7 Å². The summed E-state index contributed by atoms with van der Waals surface area (Å²) in [4.78, 5) is 16.6. The number of nitrogens with zero attached hydrogens (tertiary/aromatic N) is 1. The van der Waals surface area contributed by atoms with E-state index in [0.717, 1.165) is 30.9 Å². The van der Waals surface area contributed by atoms with Crippen LogP contribution in [0, 0.1) is 5.92 Å². The van der Waals surface area contributed by atoms with Crippen molar-refractivity contribution in [3.8, 4) is 0 Å². The van der Waals surface area contributed by atoms with Gasteiger partial charge in [0.05, 0.1) is 12.3 Å². The van der Waals surface area contributed by atoms with Gasteiger partial charge in [-0.3, -0.25) is 4.79 Å². The molecule has 1 aliphatic carbocycles. The summed E-state index contributed by atoms with van der Waals surface area (Å²) < 4.78 is 0. The molecule has 0 spiro atoms. The minimum Gasteiger partial charge on any atom is -0.393 e. The van der Waals surface area contributed by atoms with E-state index in [9.17, 15) is 9.90 Å². The van der Waals surface area contributed by atoms with Crippen molar-refractivity contribution in [2.24, 2.45) is 5.92 Å². The minimum atomic E-state index is -0.260. The molecule has 2 atom stereocenters. The monoisotopic (exact) mass is 269 g/mol. The molecule has 1 aromatic heterocycles. The topological polar surface area (TPSA) is 74.2 Å². The second-order valence-corrected chi connectivity index (χ2v) is 5.56. The molecule has 18 heavy (non-hydrogen) atoms. The van der Waals surface area contributed by atoms with Gasteiger partial charge in [-0.05, 0) is 19.8 Å². The third-order valence-electron chi connectivity index (χ3n) is 3.20. The summed E-state index contributed by atoms with van der Waals surface area (Å²) in [6.45, 7) is 3.33. The van der Waals surface area contributed by atoms with Crippen molar-refractivity contribution in [1.82, 2.24) is 10.3 Å². The normalized spacial score (nSPS) is 23.0. The number of aromatic nitrogens is 1. The zero-order chi connectivity index (χ0) is 13.0. The number of aliphatic hydroxyl groups excluding tert-OH is 1. The quantitative estimate of drug-likeness (QED) is 0.756. The average Bonchev–Trinajstić information content (AvgIpc) is 2.96. The molecule has 2 rings (SSSR count). The van der Waals surface area contributed by atoms with Gasteiger partial charge in [-0.25, -0.2) is 4.98 Å². The number of thiazole rings is 1. The summed E-state index contributed by atoms with van der Waals surface area (Å²) in [6.07, 6.45) is 4.22. The Morgan fingerprint density at radius 2 is 2.44 bits per heavy atom. The van der Waals surface area contributed by atoms with Gasteiger partial charge in [0.2, 0.25) is 0 Å². The molecule has 0 aliphatic heterocycles. The van der Waals surface area contributed by atoms with Crippen LogP contribution < -0.4 is 10.6 Å². The fourth-order valence-electron chi connectivity index (χ4n) is 2.18. The van der Waals surface area contributed by atoms with Gasteiger partial charge >= 0.3 is 0 Å². The number of nitrogens with one attached hydrogen (secondary N) is 2. The van der Waals surface area contributed by atoms with E-state index in [1.807, 2.05) is 6.92 Å². The molecule has 1 fully saturated rings. The molecule has 1 aliphatic rings. The van der Waals surface area contributed by atoms with Crippen LogP contribution in [0.1, 0.15) is 35.9 Å². The maximum atomic E-state index is 11.9. The van der Waals surface area contributed by atoms with Gasteiger partial charge in [-0.2, -0.15) is 0 Å². The number of carbonyl (C=O) groups excluding carboxylic acids is 1. The van der Waals surface area contributed by atoms with Crippen LogP contribution in [-0.4, -0.2) is 35.2 Å². The smallest absolute Gasteiger partial charge is 0.263 e. The Labute approximate surface area is 111 Å². The van der Waals surface area contributed by atoms with Gasteiger partial charge in [0, 0.05) is 19.0 Å². The number of rotatable bonds is 5. The molecule has 1 aromatic rings. The largest absolute Gasteiger partial charge is 0.393 e. The third kappa shape index (κ3) is 3.20. The maximum absolute atomic E-state index is 11.9. The van der Waals surface area contributed by atoms with Crippen LogP contribution in [0.5, 0.6) is 0 Å². The molecule has 1 heterocycles. The van der Waals surface area contributed by atoms with E-state index in [-0.39, 0.29) is 17.9 Å². The molecule has 1 amide bonds. The predicted molar refractivity (Wildman–Crippen MR) is 72.0 cm³/mol. The Bertz CT molecular complexity index is 408. The van der Waals surface area contributed by atoms with E-state index < -0.39 is 0 Å². The zero-order valence-corrected chi connectivity index (χ0v) is 11.3. The molecule has 0 saturated heterocycles. The second-order valence-electron chi connectivity index (χ2n) is 4.53. The summed E-state index contributed by atoms with van der Waals surface area (Å²) in [6, 6.07) is 0. The minimum absolute atomic E-state index is 0.101. The lowest BCUT2D eigenvalue weighted by atomic mass is 10.1. The van der Waals surface area contributed by atoms with Crippen LogP contribution in [0.3, 0.4) is 0 Å². The predicted octanol–water partition coefficient (Wildman–Crippen LogP) is 1.47. The summed E-state index contributed by atoms with van der Waals surface area (Å²) in [7, 11) is 0. The lowest BCUT2D eigenvalue weighted by molar-refractivity contribution is 0.0920. The first-order valence-electron chi connectivity index (χ1n) is 6.36. The van der Waals surface area contributed by atoms with Gasteiger partial charge in [-0.1, -0.05) is 17.8 Å². The van der Waals surface area contributed by atoms with E-state index in [4.69, 9.17) is 0 Å². The van der Waals surface area contributed by atoms with Crippen molar-refractivity contribution in [3.63, 3.8) is 0 Å². The van der Waals surface area contributed by atoms with Gasteiger partial charge in [0.1, 0.15) is 4.88 Å². The highest BCUT2D eigenvalue weighted by Gasteiger charge is 2.25. The fourth-order valence-corrected chi connectivity index (χ4v) is 2.98. The Kier molecular flexibility index (Phi) is 4.54. The highest BCUT2D eigenvalue weighted by atomic mass is 32.1. The van der Waals surface area contributed by atoms with Crippen molar-refractivity contribution in [1.29, 1.82) is 0 Å². The molecule has 1 saturated carbocycles. The molecule has 0 bridgehead atoms. The lowest BCUT2D eigenvalue weighted by Crippen LogP contribution is -2.32. The summed E-state index contributed by atoms with van der Waals surface area (Å²) >= 11 is 1.35. The van der Waals surface area contributed by atoms with Gasteiger partial charge in [0.15, 0.2) is 5.13 Å². The van der Waals surface area contributed by atoms with Crippen molar-refractivity contribution in [2.75, 3.05) is 18.4 Å². The van der Waals surface area contributed by atoms with E-state index in [2.05, 4.69) is 15.6 Å². The Morgan fingerprint density at radius 3 is 3.11 bits per heavy atom. The summed E-state index contributed by atoms with van der Waals surface area (Å²) in [5, 5.41) is 16.4. The molecule has 100 valence electrons. The first-order valence-corrected chi connectivity index (χ1v) is 7.18. The van der Waals surface area contributed by atoms with Crippen LogP contribution in [0.2, 0.25) is 0 Å². The van der Waals surface area contributed by atoms with E-state index >= 15 is 0 Å². The van der Waals surface area contributed by atoms with Crippen molar-refractivity contribution in [2.45, 2.75) is 32.3 Å². The van der Waals surface area contributed by atoms with Crippen LogP contribution in [0.4, 0.5) is 5.13 Å². The third-order valence-corrected chi connectivity index (χ3v) is 4.16. The van der Waals surface area contributed by atoms with Crippen LogP contribution >= 0.6 is 11.3 Å². The van der Waals surface area contributed by atoms with Crippen LogP contribution in [-0.2, 0) is 0 Å². The zero-order valence-electron chi connectivity index (χ0n) is 10.5. The van der Waals surface area contributed by atoms with Crippen molar-refractivity contribution in [3.05, 3.63) is 11.1 Å². The Morgan fingerprint density at radius 1 is 1.61 bits per heavy atom. The number of anilines is 1. The summed E-state index contributed by atoms with van der Waals surface area (Å²) in [5.41, 5.74) is 0. The van der Waals surface area contributed by atoms with E-state index in [1.165, 1.54) is 11.3 Å². The van der Waals surface area contributed by atoms with Crippen molar-refractivity contribution < 1.29 is 9.90 Å². The fraction of sp³-hybridized carbons (Fsp3) is 0.667. The Balaban J connectivity index is 1.83. The molecular weight excluding hydrogens is 250 g/mol. The van der Waals surface area contributed by atoms with E-state index in [1.54, 1.807) is 6.20 Å². The molecule has 0 radical (unpaired) electrons. The Hall–Kier alpha value is -1.14. The maximum Gasteiger partial charge on any atom is 0.263 e. The molecule has 6 heteroatoms. The van der Waals surface area contributed by atoms with E-state index in [0.29, 0.717) is 11.4 Å². The van der Waals surface area contributed by atoms with Gasteiger partial charge in [-0.15, -0.1) is 0 Å². The molecule has 2 unspecified atom stereocenters. The van der Waals surface area contributed by atoms with Crippen LogP contribution in [0.25, 0.3) is 0 Å². The number of aliphatic hydroxyl groups is 1. The number of carbonyl (C=O) groups is 1. The molecular formula is C12H19N3O2S.